The van der Waals surface area contributed by atoms with Gasteiger partial charge in [-0.15, -0.1) is 0 Å². The molecule has 0 spiro atoms. The van der Waals surface area contributed by atoms with Gasteiger partial charge in [0.2, 0.25) is 0 Å². The molecule has 3 rings (SSSR count). The Morgan fingerprint density at radius 2 is 0.950 bits per heavy atom. The Bertz CT molecular complexity index is 177. The molecule has 0 amide bonds. The molecular formula is C18H37N2+. The van der Waals surface area contributed by atoms with E-state index in [2.05, 4.69) is 10.2 Å². The SMILES string of the molecule is C1CCCCCCC1.C1CCN(C2CC[NH2+]CC2)CC1. The highest BCUT2D eigenvalue weighted by Gasteiger charge is 2.23. The molecule has 0 aromatic carbocycles. The molecule has 1 aliphatic carbocycles. The lowest BCUT2D eigenvalue weighted by Crippen LogP contribution is -2.87. The molecule has 2 N–H and O–H groups in total. The van der Waals surface area contributed by atoms with Crippen LogP contribution in [-0.4, -0.2) is 37.1 Å². The second-order valence-corrected chi connectivity index (χ2v) is 7.02. The normalized spacial score (nSPS) is 27.0. The van der Waals surface area contributed by atoms with E-state index in [1.807, 2.05) is 0 Å². The maximum absolute atomic E-state index is 2.73. The van der Waals surface area contributed by atoms with E-state index in [0.717, 1.165) is 6.04 Å². The van der Waals surface area contributed by atoms with Crippen LogP contribution >= 0.6 is 0 Å². The number of nitrogens with two attached hydrogens (primary N) is 1. The number of rotatable bonds is 1. The van der Waals surface area contributed by atoms with Crippen molar-refractivity contribution in [1.29, 1.82) is 0 Å². The topological polar surface area (TPSA) is 19.9 Å². The number of likely N-dealkylation sites (tertiary alicyclic amines) is 1. The van der Waals surface area contributed by atoms with E-state index >= 15 is 0 Å². The lowest BCUT2D eigenvalue weighted by Gasteiger charge is -2.35. The summed E-state index contributed by atoms with van der Waals surface area (Å²) in [6, 6.07) is 0.940. The van der Waals surface area contributed by atoms with Gasteiger partial charge >= 0.3 is 0 Å². The Balaban J connectivity index is 0.000000160. The number of nitrogens with zero attached hydrogens (tertiary/aromatic N) is 1. The number of hydrogen-bond donors (Lipinski definition) is 1. The van der Waals surface area contributed by atoms with Crippen molar-refractivity contribution in [2.45, 2.75) is 89.5 Å². The standard InChI is InChI=1S/C10H20N2.C8H16/c1-2-8-12(9-3-1)10-4-6-11-7-5-10;1-2-4-6-8-7-5-3-1/h10-11H,1-9H2;1-8H2/p+1. The van der Waals surface area contributed by atoms with Crippen LogP contribution in [0.25, 0.3) is 0 Å². The molecule has 0 unspecified atom stereocenters. The van der Waals surface area contributed by atoms with Crippen LogP contribution in [-0.2, 0) is 0 Å². The van der Waals surface area contributed by atoms with Crippen LogP contribution in [0.3, 0.4) is 0 Å². The minimum Gasteiger partial charge on any atom is -0.346 e. The van der Waals surface area contributed by atoms with Crippen LogP contribution in [0.15, 0.2) is 0 Å². The van der Waals surface area contributed by atoms with Crippen LogP contribution in [0.4, 0.5) is 0 Å². The van der Waals surface area contributed by atoms with E-state index in [9.17, 15) is 0 Å². The number of piperidine rings is 2. The first-order valence-corrected chi connectivity index (χ1v) is 9.52. The largest absolute Gasteiger partial charge is 0.346 e. The minimum atomic E-state index is 0.940. The fourth-order valence-electron chi connectivity index (χ4n) is 3.97. The van der Waals surface area contributed by atoms with E-state index in [1.54, 1.807) is 0 Å². The molecule has 0 aromatic heterocycles. The molecule has 0 bridgehead atoms. The third kappa shape index (κ3) is 6.58. The summed E-state index contributed by atoms with van der Waals surface area (Å²) in [4.78, 5) is 2.73. The van der Waals surface area contributed by atoms with Crippen LogP contribution < -0.4 is 5.32 Å². The molecule has 0 radical (unpaired) electrons. The van der Waals surface area contributed by atoms with Gasteiger partial charge in [0.25, 0.3) is 0 Å². The maximum Gasteiger partial charge on any atom is 0.0770 e. The van der Waals surface area contributed by atoms with Gasteiger partial charge in [-0.2, -0.15) is 0 Å². The van der Waals surface area contributed by atoms with E-state index in [0.29, 0.717) is 0 Å². The minimum absolute atomic E-state index is 0.940. The van der Waals surface area contributed by atoms with Crippen LogP contribution in [0.2, 0.25) is 0 Å². The van der Waals surface area contributed by atoms with Gasteiger partial charge < -0.3 is 5.32 Å². The predicted octanol–water partition coefficient (Wildman–Crippen LogP) is 3.32. The predicted molar refractivity (Wildman–Crippen MR) is 87.0 cm³/mol. The van der Waals surface area contributed by atoms with Crippen molar-refractivity contribution in [3.05, 3.63) is 0 Å². The second-order valence-electron chi connectivity index (χ2n) is 7.02. The van der Waals surface area contributed by atoms with Gasteiger partial charge in [-0.3, -0.25) is 4.90 Å². The van der Waals surface area contributed by atoms with Crippen LogP contribution in [0.1, 0.15) is 83.5 Å². The molecule has 2 saturated heterocycles. The molecule has 3 aliphatic rings. The zero-order chi connectivity index (χ0) is 13.9. The van der Waals surface area contributed by atoms with Crippen LogP contribution in [0.5, 0.6) is 0 Å². The molecule has 2 nitrogen and oxygen atoms in total. The summed E-state index contributed by atoms with van der Waals surface area (Å²) in [5.74, 6) is 0. The van der Waals surface area contributed by atoms with Crippen molar-refractivity contribution in [3.8, 4) is 0 Å². The highest BCUT2D eigenvalue weighted by atomic mass is 15.2. The average molecular weight is 282 g/mol. The van der Waals surface area contributed by atoms with Gasteiger partial charge in [0.05, 0.1) is 13.1 Å². The summed E-state index contributed by atoms with van der Waals surface area (Å²) in [6.45, 7) is 5.48. The highest BCUT2D eigenvalue weighted by molar-refractivity contribution is 4.75. The molecule has 3 fully saturated rings. The van der Waals surface area contributed by atoms with Gasteiger partial charge in [-0.05, 0) is 25.9 Å². The third-order valence-electron chi connectivity index (χ3n) is 5.32. The summed E-state index contributed by atoms with van der Waals surface area (Å²) in [7, 11) is 0. The van der Waals surface area contributed by atoms with E-state index in [4.69, 9.17) is 0 Å². The maximum atomic E-state index is 2.73. The fraction of sp³-hybridized carbons (Fsp3) is 1.00. The zero-order valence-electron chi connectivity index (χ0n) is 13.6. The lowest BCUT2D eigenvalue weighted by molar-refractivity contribution is -0.664. The Morgan fingerprint density at radius 3 is 1.40 bits per heavy atom. The van der Waals surface area contributed by atoms with Crippen molar-refractivity contribution in [1.82, 2.24) is 4.90 Å². The summed E-state index contributed by atoms with van der Waals surface area (Å²) >= 11 is 0. The molecule has 2 heterocycles. The Kier molecular flexibility index (Phi) is 8.65. The quantitative estimate of drug-likeness (QED) is 0.781. The number of quaternary nitrogens is 1. The zero-order valence-corrected chi connectivity index (χ0v) is 13.6. The van der Waals surface area contributed by atoms with Crippen molar-refractivity contribution in [2.24, 2.45) is 0 Å². The lowest BCUT2D eigenvalue weighted by atomic mass is 10.0. The van der Waals surface area contributed by atoms with E-state index < -0.39 is 0 Å². The Labute approximate surface area is 126 Å². The van der Waals surface area contributed by atoms with Gasteiger partial charge in [0, 0.05) is 18.9 Å². The van der Waals surface area contributed by atoms with E-state index in [1.165, 1.54) is 110 Å². The Hall–Kier alpha value is -0.0800. The van der Waals surface area contributed by atoms with Crippen molar-refractivity contribution < 1.29 is 5.32 Å². The summed E-state index contributed by atoms with van der Waals surface area (Å²) in [5.41, 5.74) is 0. The molecular weight excluding hydrogens is 244 g/mol. The molecule has 2 aliphatic heterocycles. The van der Waals surface area contributed by atoms with Gasteiger partial charge in [-0.1, -0.05) is 57.8 Å². The first-order chi connectivity index (χ1) is 9.97. The monoisotopic (exact) mass is 281 g/mol. The van der Waals surface area contributed by atoms with Gasteiger partial charge in [0.15, 0.2) is 0 Å². The molecule has 1 saturated carbocycles. The summed E-state index contributed by atoms with van der Waals surface area (Å²) < 4.78 is 0. The van der Waals surface area contributed by atoms with Crippen molar-refractivity contribution in [3.63, 3.8) is 0 Å². The Morgan fingerprint density at radius 1 is 0.550 bits per heavy atom. The van der Waals surface area contributed by atoms with Gasteiger partial charge in [0.1, 0.15) is 0 Å². The first-order valence-electron chi connectivity index (χ1n) is 9.52. The second kappa shape index (κ2) is 10.6. The smallest absolute Gasteiger partial charge is 0.0770 e. The molecule has 0 atom stereocenters. The molecule has 0 aromatic rings. The van der Waals surface area contributed by atoms with Gasteiger partial charge in [-0.25, -0.2) is 0 Å². The van der Waals surface area contributed by atoms with Crippen molar-refractivity contribution >= 4 is 0 Å². The first kappa shape index (κ1) is 16.3. The fourth-order valence-corrected chi connectivity index (χ4v) is 3.97. The average Bonchev–Trinajstić information content (AvgIpc) is 2.49. The molecule has 2 heteroatoms. The third-order valence-corrected chi connectivity index (χ3v) is 5.32. The van der Waals surface area contributed by atoms with Crippen molar-refractivity contribution in [2.75, 3.05) is 26.2 Å². The summed E-state index contributed by atoms with van der Waals surface area (Å²) in [6.07, 6.45) is 19.2. The molecule has 118 valence electrons. The van der Waals surface area contributed by atoms with Crippen LogP contribution in [0, 0.1) is 0 Å². The summed E-state index contributed by atoms with van der Waals surface area (Å²) in [5, 5.41) is 2.46. The molecule has 20 heavy (non-hydrogen) atoms. The number of hydrogen-bond acceptors (Lipinski definition) is 1. The highest BCUT2D eigenvalue weighted by Crippen LogP contribution is 2.16. The van der Waals surface area contributed by atoms with E-state index in [-0.39, 0.29) is 0 Å².